The van der Waals surface area contributed by atoms with Gasteiger partial charge in [0.2, 0.25) is 5.91 Å². The van der Waals surface area contributed by atoms with Crippen LogP contribution in [0, 0.1) is 10.1 Å². The Morgan fingerprint density at radius 3 is 2.07 bits per heavy atom. The normalized spacial score (nSPS) is 11.0. The van der Waals surface area contributed by atoms with Crippen LogP contribution in [0.15, 0.2) is 48.5 Å². The number of hydrogen-bond donors (Lipinski definition) is 1. The number of non-ortho nitro benzene ring substituents is 1. The van der Waals surface area contributed by atoms with E-state index in [0.29, 0.717) is 11.3 Å². The number of nitro benzene ring substituents is 1. The highest BCUT2D eigenvalue weighted by molar-refractivity contribution is 5.87. The number of carbonyl (C=O) groups is 2. The van der Waals surface area contributed by atoms with Crippen molar-refractivity contribution in [2.75, 3.05) is 4.90 Å². The lowest BCUT2D eigenvalue weighted by atomic mass is 10.0. The topological polar surface area (TPSA) is 104 Å². The second kappa shape index (κ2) is 8.72. The third kappa shape index (κ3) is 5.78. The molecule has 0 bridgehead atoms. The van der Waals surface area contributed by atoms with E-state index >= 15 is 0 Å². The third-order valence-electron chi connectivity index (χ3n) is 4.34. The molecule has 2 amide bonds. The molecular weight excluding hydrogens is 374 g/mol. The van der Waals surface area contributed by atoms with Gasteiger partial charge in [-0.05, 0) is 44.0 Å². The summed E-state index contributed by atoms with van der Waals surface area (Å²) in [6, 6.07) is 13.2. The van der Waals surface area contributed by atoms with Gasteiger partial charge in [-0.15, -0.1) is 0 Å². The average Bonchev–Trinajstić information content (AvgIpc) is 2.60. The zero-order valence-electron chi connectivity index (χ0n) is 17.0. The molecule has 0 spiro atoms. The molecule has 0 aliphatic carbocycles. The first-order chi connectivity index (χ1) is 13.5. The van der Waals surface area contributed by atoms with E-state index in [2.05, 4.69) is 0 Å². The molecule has 8 nitrogen and oxygen atoms in total. The summed E-state index contributed by atoms with van der Waals surface area (Å²) in [6.45, 7) is 7.31. The Labute approximate surface area is 169 Å². The molecule has 2 aromatic rings. The van der Waals surface area contributed by atoms with E-state index in [9.17, 15) is 24.8 Å². The minimum atomic E-state index is -1.06. The molecule has 0 heterocycles. The predicted octanol–water partition coefficient (Wildman–Crippen LogP) is 4.43. The van der Waals surface area contributed by atoms with Gasteiger partial charge in [0, 0.05) is 43.4 Å². The Balaban J connectivity index is 2.28. The molecule has 2 aromatic carbocycles. The van der Waals surface area contributed by atoms with Crippen LogP contribution in [0.4, 0.5) is 16.2 Å². The lowest BCUT2D eigenvalue weighted by Gasteiger charge is -2.33. The molecule has 1 N–H and O–H groups in total. The third-order valence-corrected chi connectivity index (χ3v) is 4.34. The first-order valence-corrected chi connectivity index (χ1v) is 9.10. The summed E-state index contributed by atoms with van der Waals surface area (Å²) in [6.07, 6.45) is -1.06. The van der Waals surface area contributed by atoms with Gasteiger partial charge < -0.3 is 10.0 Å². The van der Waals surface area contributed by atoms with E-state index in [1.165, 1.54) is 24.0 Å². The van der Waals surface area contributed by atoms with Gasteiger partial charge >= 0.3 is 6.09 Å². The van der Waals surface area contributed by atoms with Crippen molar-refractivity contribution in [1.29, 1.82) is 0 Å². The number of rotatable bonds is 6. The largest absolute Gasteiger partial charge is 0.465 e. The quantitative estimate of drug-likeness (QED) is 0.572. The van der Waals surface area contributed by atoms with Gasteiger partial charge in [-0.1, -0.05) is 24.3 Å². The SMILES string of the molecule is CC(=O)N(Cc1cccc(N(C(=O)O)C(C)(C)C)c1)Cc1cccc([N+](=O)[O-])c1. The van der Waals surface area contributed by atoms with Gasteiger partial charge in [-0.25, -0.2) is 4.79 Å². The number of carboxylic acid groups (broad SMARTS) is 1. The Kier molecular flexibility index (Phi) is 6.58. The van der Waals surface area contributed by atoms with Crippen molar-refractivity contribution < 1.29 is 19.6 Å². The van der Waals surface area contributed by atoms with Crippen LogP contribution in [0.1, 0.15) is 38.8 Å². The number of nitrogens with zero attached hydrogens (tertiary/aromatic N) is 3. The van der Waals surface area contributed by atoms with Gasteiger partial charge in [0.15, 0.2) is 0 Å². The van der Waals surface area contributed by atoms with Gasteiger partial charge in [0.05, 0.1) is 4.92 Å². The Bertz CT molecular complexity index is 921. The molecule has 0 aliphatic rings. The van der Waals surface area contributed by atoms with Crippen molar-refractivity contribution >= 4 is 23.4 Å². The number of hydrogen-bond acceptors (Lipinski definition) is 4. The van der Waals surface area contributed by atoms with Crippen molar-refractivity contribution in [2.45, 2.75) is 46.3 Å². The van der Waals surface area contributed by atoms with Crippen LogP contribution in [-0.2, 0) is 17.9 Å². The molecule has 0 saturated carbocycles. The molecule has 0 unspecified atom stereocenters. The van der Waals surface area contributed by atoms with Gasteiger partial charge in [-0.2, -0.15) is 0 Å². The summed E-state index contributed by atoms with van der Waals surface area (Å²) in [4.78, 5) is 37.2. The monoisotopic (exact) mass is 399 g/mol. The lowest BCUT2D eigenvalue weighted by molar-refractivity contribution is -0.384. The fourth-order valence-corrected chi connectivity index (χ4v) is 3.07. The van der Waals surface area contributed by atoms with Gasteiger partial charge in [0.1, 0.15) is 0 Å². The van der Waals surface area contributed by atoms with E-state index in [0.717, 1.165) is 5.56 Å². The van der Waals surface area contributed by atoms with Crippen molar-refractivity contribution in [2.24, 2.45) is 0 Å². The summed E-state index contributed by atoms with van der Waals surface area (Å²) in [7, 11) is 0. The standard InChI is InChI=1S/C21H25N3O5/c1-15(25)22(14-17-8-6-10-19(12-17)24(28)29)13-16-7-5-9-18(11-16)23(20(26)27)21(2,3)4/h5-12H,13-14H2,1-4H3,(H,26,27). The van der Waals surface area contributed by atoms with Crippen LogP contribution in [-0.4, -0.2) is 32.5 Å². The minimum Gasteiger partial charge on any atom is -0.465 e. The van der Waals surface area contributed by atoms with E-state index in [4.69, 9.17) is 0 Å². The molecule has 0 aromatic heterocycles. The van der Waals surface area contributed by atoms with E-state index in [-0.39, 0.29) is 24.7 Å². The zero-order valence-corrected chi connectivity index (χ0v) is 17.0. The van der Waals surface area contributed by atoms with Crippen molar-refractivity contribution in [3.8, 4) is 0 Å². The molecule has 0 atom stereocenters. The van der Waals surface area contributed by atoms with Crippen LogP contribution in [0.2, 0.25) is 0 Å². The maximum Gasteiger partial charge on any atom is 0.412 e. The number of nitro groups is 1. The summed E-state index contributed by atoms with van der Waals surface area (Å²) in [5, 5.41) is 20.6. The molecular formula is C21H25N3O5. The molecule has 0 radical (unpaired) electrons. The Hall–Kier alpha value is -3.42. The molecule has 154 valence electrons. The highest BCUT2D eigenvalue weighted by Crippen LogP contribution is 2.26. The highest BCUT2D eigenvalue weighted by Gasteiger charge is 2.28. The summed E-state index contributed by atoms with van der Waals surface area (Å²) in [5.74, 6) is -0.187. The molecule has 0 aliphatic heterocycles. The minimum absolute atomic E-state index is 0.0322. The zero-order chi connectivity index (χ0) is 21.8. The van der Waals surface area contributed by atoms with E-state index < -0.39 is 16.6 Å². The molecule has 29 heavy (non-hydrogen) atoms. The fraction of sp³-hybridized carbons (Fsp3) is 0.333. The first kappa shape index (κ1) is 21.9. The predicted molar refractivity (Wildman–Crippen MR) is 110 cm³/mol. The fourth-order valence-electron chi connectivity index (χ4n) is 3.07. The van der Waals surface area contributed by atoms with Gasteiger partial charge in [-0.3, -0.25) is 19.8 Å². The first-order valence-electron chi connectivity index (χ1n) is 9.10. The maximum atomic E-state index is 12.1. The maximum absolute atomic E-state index is 12.1. The Morgan fingerprint density at radius 2 is 1.59 bits per heavy atom. The number of carbonyl (C=O) groups excluding carboxylic acids is 1. The smallest absolute Gasteiger partial charge is 0.412 e. The lowest BCUT2D eigenvalue weighted by Crippen LogP contribution is -2.45. The van der Waals surface area contributed by atoms with Crippen LogP contribution in [0.3, 0.4) is 0 Å². The van der Waals surface area contributed by atoms with E-state index in [1.807, 2.05) is 6.07 Å². The summed E-state index contributed by atoms with van der Waals surface area (Å²) < 4.78 is 0. The van der Waals surface area contributed by atoms with Crippen LogP contribution in [0.25, 0.3) is 0 Å². The number of anilines is 1. The molecule has 2 rings (SSSR count). The van der Waals surface area contributed by atoms with Crippen LogP contribution >= 0.6 is 0 Å². The van der Waals surface area contributed by atoms with Crippen LogP contribution < -0.4 is 4.90 Å². The molecule has 8 heteroatoms. The van der Waals surface area contributed by atoms with Crippen molar-refractivity contribution in [3.63, 3.8) is 0 Å². The van der Waals surface area contributed by atoms with Crippen LogP contribution in [0.5, 0.6) is 0 Å². The summed E-state index contributed by atoms with van der Waals surface area (Å²) in [5.41, 5.74) is 1.26. The van der Waals surface area contributed by atoms with Crippen molar-refractivity contribution in [1.82, 2.24) is 4.90 Å². The molecule has 0 fully saturated rings. The van der Waals surface area contributed by atoms with E-state index in [1.54, 1.807) is 56.0 Å². The average molecular weight is 399 g/mol. The highest BCUT2D eigenvalue weighted by atomic mass is 16.6. The van der Waals surface area contributed by atoms with Gasteiger partial charge in [0.25, 0.3) is 5.69 Å². The number of amides is 2. The summed E-state index contributed by atoms with van der Waals surface area (Å²) >= 11 is 0. The second-order valence-corrected chi connectivity index (χ2v) is 7.76. The second-order valence-electron chi connectivity index (χ2n) is 7.76. The number of benzene rings is 2. The molecule has 0 saturated heterocycles. The van der Waals surface area contributed by atoms with Crippen molar-refractivity contribution in [3.05, 3.63) is 69.8 Å². The Morgan fingerprint density at radius 1 is 1.03 bits per heavy atom.